The average molecular weight is 491 g/mol. The molecule has 0 bridgehead atoms. The fourth-order valence-electron chi connectivity index (χ4n) is 4.33. The number of hydrogen-bond donors (Lipinski definition) is 0. The van der Waals surface area contributed by atoms with E-state index in [0.717, 1.165) is 25.7 Å². The van der Waals surface area contributed by atoms with Gasteiger partial charge in [-0.3, -0.25) is 9.59 Å². The second-order valence-corrected chi connectivity index (χ2v) is 10.2. The molecule has 0 spiro atoms. The molecule has 0 aliphatic carbocycles. The van der Waals surface area contributed by atoms with E-state index in [0.29, 0.717) is 12.8 Å². The van der Waals surface area contributed by atoms with E-state index in [1.807, 2.05) is 26.0 Å². The maximum Gasteiger partial charge on any atom is 0.320 e. The van der Waals surface area contributed by atoms with Crippen LogP contribution in [-0.4, -0.2) is 11.9 Å². The standard InChI is InChI=1S/C32H58O3/c1-5-9-11-13-15-17-19-21-23-25-27-29(7-3)31(33)35-32(34)30(8-4)28-26-24-22-20-18-16-14-12-10-6-2/h25-30H,5-24H2,1-4H3. The first kappa shape index (κ1) is 33.6. The summed E-state index contributed by atoms with van der Waals surface area (Å²) in [4.78, 5) is 25.0. The Labute approximate surface area is 218 Å². The van der Waals surface area contributed by atoms with Crippen molar-refractivity contribution in [2.45, 2.75) is 156 Å². The predicted octanol–water partition coefficient (Wildman–Crippen LogP) is 10.3. The Hall–Kier alpha value is -1.38. The molecule has 0 saturated carbocycles. The van der Waals surface area contributed by atoms with Crippen LogP contribution in [0.1, 0.15) is 156 Å². The normalized spacial score (nSPS) is 13.5. The lowest BCUT2D eigenvalue weighted by molar-refractivity contribution is -0.163. The van der Waals surface area contributed by atoms with Crippen LogP contribution in [0.2, 0.25) is 0 Å². The van der Waals surface area contributed by atoms with E-state index in [4.69, 9.17) is 4.74 Å². The molecular formula is C32H58O3. The van der Waals surface area contributed by atoms with Gasteiger partial charge in [-0.05, 0) is 38.5 Å². The van der Waals surface area contributed by atoms with Gasteiger partial charge in [-0.2, -0.15) is 0 Å². The summed E-state index contributed by atoms with van der Waals surface area (Å²) in [5.74, 6) is -1.46. The van der Waals surface area contributed by atoms with Crippen molar-refractivity contribution in [3.05, 3.63) is 24.3 Å². The molecule has 0 aliphatic rings. The van der Waals surface area contributed by atoms with Crippen molar-refractivity contribution < 1.29 is 14.3 Å². The lowest BCUT2D eigenvalue weighted by Gasteiger charge is -2.12. The lowest BCUT2D eigenvalue weighted by atomic mass is 10.0. The van der Waals surface area contributed by atoms with Crippen molar-refractivity contribution in [1.82, 2.24) is 0 Å². The molecule has 0 N–H and O–H groups in total. The summed E-state index contributed by atoms with van der Waals surface area (Å²) < 4.78 is 5.26. The van der Waals surface area contributed by atoms with Crippen LogP contribution in [0.3, 0.4) is 0 Å². The third-order valence-electron chi connectivity index (χ3n) is 6.87. The summed E-state index contributed by atoms with van der Waals surface area (Å²) in [5, 5.41) is 0. The SMILES string of the molecule is CCCCCCCCCCC=CC(CC)C(=O)OC(=O)C(C=CCCCCCCCCCC)CC. The van der Waals surface area contributed by atoms with Crippen LogP contribution >= 0.6 is 0 Å². The number of ether oxygens (including phenoxy) is 1. The molecule has 35 heavy (non-hydrogen) atoms. The van der Waals surface area contributed by atoms with Gasteiger partial charge >= 0.3 is 11.9 Å². The van der Waals surface area contributed by atoms with Gasteiger partial charge in [-0.1, -0.05) is 142 Å². The van der Waals surface area contributed by atoms with Gasteiger partial charge in [0, 0.05) is 0 Å². The smallest absolute Gasteiger partial charge is 0.320 e. The Balaban J connectivity index is 4.12. The molecule has 0 heterocycles. The van der Waals surface area contributed by atoms with E-state index in [2.05, 4.69) is 26.0 Å². The van der Waals surface area contributed by atoms with Gasteiger partial charge in [0.25, 0.3) is 0 Å². The molecule has 0 saturated heterocycles. The quantitative estimate of drug-likeness (QED) is 0.0585. The molecule has 0 aromatic heterocycles. The minimum atomic E-state index is -0.403. The van der Waals surface area contributed by atoms with E-state index < -0.39 is 11.9 Å². The molecule has 204 valence electrons. The maximum atomic E-state index is 12.5. The van der Waals surface area contributed by atoms with Crippen molar-refractivity contribution in [3.8, 4) is 0 Å². The summed E-state index contributed by atoms with van der Waals surface area (Å²) >= 11 is 0. The van der Waals surface area contributed by atoms with Gasteiger partial charge in [0.15, 0.2) is 0 Å². The second kappa shape index (κ2) is 25.7. The number of esters is 2. The van der Waals surface area contributed by atoms with E-state index in [-0.39, 0.29) is 11.8 Å². The van der Waals surface area contributed by atoms with Crippen LogP contribution in [0.4, 0.5) is 0 Å². The van der Waals surface area contributed by atoms with Crippen molar-refractivity contribution in [1.29, 1.82) is 0 Å². The molecular weight excluding hydrogens is 432 g/mol. The molecule has 0 radical (unpaired) electrons. The van der Waals surface area contributed by atoms with E-state index >= 15 is 0 Å². The van der Waals surface area contributed by atoms with E-state index in [1.54, 1.807) is 0 Å². The Morgan fingerprint density at radius 1 is 0.514 bits per heavy atom. The number of unbranched alkanes of at least 4 members (excludes halogenated alkanes) is 16. The predicted molar refractivity (Wildman–Crippen MR) is 151 cm³/mol. The first-order chi connectivity index (χ1) is 17.1. The second-order valence-electron chi connectivity index (χ2n) is 10.2. The molecule has 0 amide bonds. The fraction of sp³-hybridized carbons (Fsp3) is 0.812. The number of allylic oxidation sites excluding steroid dienone is 2. The van der Waals surface area contributed by atoms with Crippen molar-refractivity contribution in [2.75, 3.05) is 0 Å². The van der Waals surface area contributed by atoms with Crippen LogP contribution in [-0.2, 0) is 14.3 Å². The topological polar surface area (TPSA) is 43.4 Å². The van der Waals surface area contributed by atoms with Crippen molar-refractivity contribution in [3.63, 3.8) is 0 Å². The molecule has 3 nitrogen and oxygen atoms in total. The van der Waals surface area contributed by atoms with Gasteiger partial charge in [0.05, 0.1) is 11.8 Å². The summed E-state index contributed by atoms with van der Waals surface area (Å²) in [7, 11) is 0. The van der Waals surface area contributed by atoms with Gasteiger partial charge in [-0.25, -0.2) is 0 Å². The highest BCUT2D eigenvalue weighted by Crippen LogP contribution is 2.15. The maximum absolute atomic E-state index is 12.5. The zero-order chi connectivity index (χ0) is 26.0. The number of hydrogen-bond acceptors (Lipinski definition) is 3. The Bertz CT molecular complexity index is 501. The molecule has 0 aromatic rings. The molecule has 2 unspecified atom stereocenters. The minimum absolute atomic E-state index is 0.327. The van der Waals surface area contributed by atoms with E-state index in [9.17, 15) is 9.59 Å². The van der Waals surface area contributed by atoms with Gasteiger partial charge in [0.2, 0.25) is 0 Å². The Morgan fingerprint density at radius 2 is 0.829 bits per heavy atom. The Morgan fingerprint density at radius 3 is 1.14 bits per heavy atom. The van der Waals surface area contributed by atoms with Crippen LogP contribution in [0.25, 0.3) is 0 Å². The van der Waals surface area contributed by atoms with Crippen LogP contribution in [0.5, 0.6) is 0 Å². The Kier molecular flexibility index (Phi) is 24.7. The lowest BCUT2D eigenvalue weighted by Crippen LogP contribution is -2.24. The monoisotopic (exact) mass is 490 g/mol. The van der Waals surface area contributed by atoms with Gasteiger partial charge in [-0.15, -0.1) is 0 Å². The van der Waals surface area contributed by atoms with E-state index in [1.165, 1.54) is 89.9 Å². The third-order valence-corrected chi connectivity index (χ3v) is 6.87. The first-order valence-corrected chi connectivity index (χ1v) is 15.2. The highest BCUT2D eigenvalue weighted by atomic mass is 16.6. The number of rotatable bonds is 24. The van der Waals surface area contributed by atoms with Gasteiger partial charge in [0.1, 0.15) is 0 Å². The molecule has 3 heteroatoms. The zero-order valence-electron chi connectivity index (χ0n) is 23.8. The highest BCUT2D eigenvalue weighted by molar-refractivity contribution is 5.89. The van der Waals surface area contributed by atoms with Crippen molar-refractivity contribution in [2.24, 2.45) is 11.8 Å². The van der Waals surface area contributed by atoms with Gasteiger partial charge < -0.3 is 4.74 Å². The summed E-state index contributed by atoms with van der Waals surface area (Å²) in [6.07, 6.45) is 32.2. The number of carbonyl (C=O) groups is 2. The largest absolute Gasteiger partial charge is 0.392 e. The molecule has 0 rings (SSSR count). The molecule has 0 aromatic carbocycles. The molecule has 0 fully saturated rings. The highest BCUT2D eigenvalue weighted by Gasteiger charge is 2.22. The molecule has 0 aliphatic heterocycles. The van der Waals surface area contributed by atoms with Crippen LogP contribution < -0.4 is 0 Å². The zero-order valence-corrected chi connectivity index (χ0v) is 23.8. The van der Waals surface area contributed by atoms with Crippen LogP contribution in [0, 0.1) is 11.8 Å². The summed E-state index contributed by atoms with van der Waals surface area (Å²) in [6.45, 7) is 8.44. The summed E-state index contributed by atoms with van der Waals surface area (Å²) in [5.41, 5.74) is 0. The first-order valence-electron chi connectivity index (χ1n) is 15.2. The summed E-state index contributed by atoms with van der Waals surface area (Å²) in [6, 6.07) is 0. The van der Waals surface area contributed by atoms with Crippen LogP contribution in [0.15, 0.2) is 24.3 Å². The third kappa shape index (κ3) is 20.5. The average Bonchev–Trinajstić information content (AvgIpc) is 2.85. The van der Waals surface area contributed by atoms with Crippen molar-refractivity contribution >= 4 is 11.9 Å². The molecule has 2 atom stereocenters. The minimum Gasteiger partial charge on any atom is -0.392 e. The fourth-order valence-corrected chi connectivity index (χ4v) is 4.33. The number of carbonyl (C=O) groups excluding carboxylic acids is 2.